The molecule has 0 aliphatic heterocycles. The Morgan fingerprint density at radius 2 is 1.60 bits per heavy atom. The van der Waals surface area contributed by atoms with Crippen molar-refractivity contribution in [1.82, 2.24) is 0 Å². The second-order valence-corrected chi connectivity index (χ2v) is 6.05. The van der Waals surface area contributed by atoms with Crippen LogP contribution in [0.1, 0.15) is 29.9 Å². The van der Waals surface area contributed by atoms with Crippen molar-refractivity contribution in [2.24, 2.45) is 5.73 Å². The third-order valence-corrected chi connectivity index (χ3v) is 4.05. The first kappa shape index (κ1) is 21.2. The predicted molar refractivity (Wildman–Crippen MR) is 88.5 cm³/mol. The highest BCUT2D eigenvalue weighted by Gasteiger charge is 2.37. The maximum Gasteiger partial charge on any atom is 0.217 e. The molecule has 0 fully saturated rings. The van der Waals surface area contributed by atoms with Crippen LogP contribution in [-0.2, 0) is 9.59 Å². The Kier molecular flexibility index (Phi) is 8.14. The molecule has 1 unspecified atom stereocenters. The number of primary amides is 1. The molecule has 8 heteroatoms. The SMILES string of the molecule is Cc1ccc(C(CCC(N)=O)C(=O)[C@H](O)[C@@H](O)[C@H](O)[C@H](O)CO)cc1. The number of benzene rings is 1. The summed E-state index contributed by atoms with van der Waals surface area (Å²) in [5.74, 6) is -2.35. The van der Waals surface area contributed by atoms with Crippen molar-refractivity contribution in [3.8, 4) is 0 Å². The number of Topliss-reactive ketones (excluding diaryl/α,β-unsaturated/α-hetero) is 1. The van der Waals surface area contributed by atoms with E-state index in [1.54, 1.807) is 24.3 Å². The maximum absolute atomic E-state index is 12.6. The number of ketones is 1. The summed E-state index contributed by atoms with van der Waals surface area (Å²) < 4.78 is 0. The van der Waals surface area contributed by atoms with Gasteiger partial charge in [-0.3, -0.25) is 9.59 Å². The standard InChI is InChI=1S/C17H25NO7/c1-9-2-4-10(5-3-9)11(6-7-13(18)21)14(22)16(24)17(25)15(23)12(20)8-19/h2-5,11-12,15-17,19-20,23-25H,6-8H2,1H3,(H2,18,21)/t11?,12-,15-,16+,17+/m1/s1. The Bertz CT molecular complexity index is 575. The van der Waals surface area contributed by atoms with Gasteiger partial charge in [0, 0.05) is 12.3 Å². The first-order chi connectivity index (χ1) is 11.7. The molecule has 0 bridgehead atoms. The highest BCUT2D eigenvalue weighted by molar-refractivity contribution is 5.90. The lowest BCUT2D eigenvalue weighted by Crippen LogP contribution is -2.49. The number of hydrogen-bond acceptors (Lipinski definition) is 7. The average molecular weight is 355 g/mol. The number of carbonyl (C=O) groups is 2. The van der Waals surface area contributed by atoms with Crippen molar-refractivity contribution in [1.29, 1.82) is 0 Å². The molecule has 7 N–H and O–H groups in total. The molecule has 1 aromatic carbocycles. The first-order valence-electron chi connectivity index (χ1n) is 7.90. The fraction of sp³-hybridized carbons (Fsp3) is 0.529. The van der Waals surface area contributed by atoms with E-state index < -0.39 is 48.6 Å². The Morgan fingerprint density at radius 3 is 2.08 bits per heavy atom. The van der Waals surface area contributed by atoms with E-state index in [0.29, 0.717) is 5.56 Å². The van der Waals surface area contributed by atoms with Crippen molar-refractivity contribution in [2.45, 2.75) is 50.1 Å². The van der Waals surface area contributed by atoms with Gasteiger partial charge in [-0.15, -0.1) is 0 Å². The van der Waals surface area contributed by atoms with Crippen molar-refractivity contribution < 1.29 is 35.1 Å². The Morgan fingerprint density at radius 1 is 1.04 bits per heavy atom. The maximum atomic E-state index is 12.6. The van der Waals surface area contributed by atoms with Gasteiger partial charge < -0.3 is 31.3 Å². The molecule has 0 saturated carbocycles. The van der Waals surface area contributed by atoms with E-state index in [4.69, 9.17) is 10.8 Å². The van der Waals surface area contributed by atoms with E-state index in [0.717, 1.165) is 5.56 Å². The van der Waals surface area contributed by atoms with Gasteiger partial charge in [0.05, 0.1) is 6.61 Å². The van der Waals surface area contributed by atoms with Gasteiger partial charge in [0.15, 0.2) is 5.78 Å². The summed E-state index contributed by atoms with van der Waals surface area (Å²) in [6.07, 6.45) is -7.68. The van der Waals surface area contributed by atoms with Crippen LogP contribution in [-0.4, -0.2) is 68.2 Å². The van der Waals surface area contributed by atoms with Crippen molar-refractivity contribution in [2.75, 3.05) is 6.61 Å². The van der Waals surface area contributed by atoms with Crippen LogP contribution >= 0.6 is 0 Å². The molecule has 1 rings (SSSR count). The molecular formula is C17H25NO7. The molecule has 0 saturated heterocycles. The number of aliphatic hydroxyl groups is 5. The topological polar surface area (TPSA) is 161 Å². The zero-order valence-electron chi connectivity index (χ0n) is 13.9. The summed E-state index contributed by atoms with van der Waals surface area (Å²) in [6, 6.07) is 6.84. The van der Waals surface area contributed by atoms with Gasteiger partial charge >= 0.3 is 0 Å². The fourth-order valence-electron chi connectivity index (χ4n) is 2.46. The van der Waals surface area contributed by atoms with Gasteiger partial charge in [0.1, 0.15) is 24.4 Å². The van der Waals surface area contributed by atoms with Crippen LogP contribution in [0.4, 0.5) is 0 Å². The normalized spacial score (nSPS) is 17.4. The molecule has 1 aromatic rings. The molecular weight excluding hydrogens is 330 g/mol. The Labute approximate surface area is 145 Å². The molecule has 0 spiro atoms. The largest absolute Gasteiger partial charge is 0.394 e. The quantitative estimate of drug-likeness (QED) is 0.293. The monoisotopic (exact) mass is 355 g/mol. The molecule has 0 radical (unpaired) electrons. The molecule has 0 aliphatic carbocycles. The number of aryl methyl sites for hydroxylation is 1. The highest BCUT2D eigenvalue weighted by atomic mass is 16.4. The smallest absolute Gasteiger partial charge is 0.217 e. The molecule has 8 nitrogen and oxygen atoms in total. The molecule has 0 aromatic heterocycles. The number of rotatable bonds is 10. The highest BCUT2D eigenvalue weighted by Crippen LogP contribution is 2.25. The van der Waals surface area contributed by atoms with Gasteiger partial charge in [-0.25, -0.2) is 0 Å². The van der Waals surface area contributed by atoms with Crippen LogP contribution in [0.3, 0.4) is 0 Å². The minimum Gasteiger partial charge on any atom is -0.394 e. The molecule has 25 heavy (non-hydrogen) atoms. The van der Waals surface area contributed by atoms with E-state index >= 15 is 0 Å². The van der Waals surface area contributed by atoms with E-state index in [1.807, 2.05) is 6.92 Å². The van der Waals surface area contributed by atoms with Crippen LogP contribution in [0.25, 0.3) is 0 Å². The minimum atomic E-state index is -2.00. The molecule has 5 atom stereocenters. The third kappa shape index (κ3) is 5.87. The number of carbonyl (C=O) groups excluding carboxylic acids is 2. The van der Waals surface area contributed by atoms with Crippen LogP contribution in [0.5, 0.6) is 0 Å². The fourth-order valence-corrected chi connectivity index (χ4v) is 2.46. The number of nitrogens with two attached hydrogens (primary N) is 1. The lowest BCUT2D eigenvalue weighted by Gasteiger charge is -2.27. The van der Waals surface area contributed by atoms with Crippen molar-refractivity contribution in [3.63, 3.8) is 0 Å². The Balaban J connectivity index is 3.01. The average Bonchev–Trinajstić information content (AvgIpc) is 2.60. The summed E-state index contributed by atoms with van der Waals surface area (Å²) >= 11 is 0. The summed E-state index contributed by atoms with van der Waals surface area (Å²) in [5, 5.41) is 47.8. The van der Waals surface area contributed by atoms with Crippen molar-refractivity contribution in [3.05, 3.63) is 35.4 Å². The van der Waals surface area contributed by atoms with Gasteiger partial charge in [-0.05, 0) is 18.9 Å². The van der Waals surface area contributed by atoms with Crippen LogP contribution < -0.4 is 5.73 Å². The number of amides is 1. The number of aliphatic hydroxyl groups excluding tert-OH is 5. The lowest BCUT2D eigenvalue weighted by molar-refractivity contribution is -0.148. The molecule has 1 amide bonds. The van der Waals surface area contributed by atoms with E-state index in [-0.39, 0.29) is 12.8 Å². The second-order valence-electron chi connectivity index (χ2n) is 6.05. The second kappa shape index (κ2) is 9.59. The van der Waals surface area contributed by atoms with Crippen LogP contribution in [0, 0.1) is 6.92 Å². The predicted octanol–water partition coefficient (Wildman–Crippen LogP) is -1.65. The van der Waals surface area contributed by atoms with Crippen LogP contribution in [0.15, 0.2) is 24.3 Å². The summed E-state index contributed by atoms with van der Waals surface area (Å²) in [5.41, 5.74) is 6.60. The number of hydrogen-bond donors (Lipinski definition) is 6. The molecule has 0 aliphatic rings. The lowest BCUT2D eigenvalue weighted by atomic mass is 9.85. The third-order valence-electron chi connectivity index (χ3n) is 4.05. The summed E-state index contributed by atoms with van der Waals surface area (Å²) in [4.78, 5) is 23.6. The van der Waals surface area contributed by atoms with Crippen molar-refractivity contribution >= 4 is 11.7 Å². The molecule has 140 valence electrons. The zero-order chi connectivity index (χ0) is 19.1. The minimum absolute atomic E-state index is 0.0274. The molecule has 0 heterocycles. The van der Waals surface area contributed by atoms with E-state index in [2.05, 4.69) is 0 Å². The van der Waals surface area contributed by atoms with E-state index in [1.165, 1.54) is 0 Å². The zero-order valence-corrected chi connectivity index (χ0v) is 13.9. The Hall–Kier alpha value is -1.84. The van der Waals surface area contributed by atoms with Gasteiger partial charge in [0.2, 0.25) is 5.91 Å². The van der Waals surface area contributed by atoms with Crippen LogP contribution in [0.2, 0.25) is 0 Å². The summed E-state index contributed by atoms with van der Waals surface area (Å²) in [6.45, 7) is 1.01. The first-order valence-corrected chi connectivity index (χ1v) is 7.90. The van der Waals surface area contributed by atoms with Gasteiger partial charge in [0.25, 0.3) is 0 Å². The van der Waals surface area contributed by atoms with E-state index in [9.17, 15) is 30.0 Å². The summed E-state index contributed by atoms with van der Waals surface area (Å²) in [7, 11) is 0. The van der Waals surface area contributed by atoms with Gasteiger partial charge in [-0.1, -0.05) is 29.8 Å². The van der Waals surface area contributed by atoms with Gasteiger partial charge in [-0.2, -0.15) is 0 Å².